The number of hydrogen-bond acceptors (Lipinski definition) is 4. The molecule has 2 aromatic rings. The van der Waals surface area contributed by atoms with Gasteiger partial charge in [-0.1, -0.05) is 12.1 Å². The van der Waals surface area contributed by atoms with E-state index >= 15 is 0 Å². The number of fused-ring (bicyclic) bond motifs is 2. The molecule has 24 heavy (non-hydrogen) atoms. The minimum atomic E-state index is -0.197. The van der Waals surface area contributed by atoms with Crippen molar-refractivity contribution < 1.29 is 9.18 Å². The lowest BCUT2D eigenvalue weighted by Gasteiger charge is -2.39. The summed E-state index contributed by atoms with van der Waals surface area (Å²) in [7, 11) is 0. The number of halogens is 1. The molecule has 1 unspecified atom stereocenters. The lowest BCUT2D eigenvalue weighted by atomic mass is 9.85. The van der Waals surface area contributed by atoms with Crippen molar-refractivity contribution in [2.45, 2.75) is 56.7 Å². The van der Waals surface area contributed by atoms with Gasteiger partial charge >= 0.3 is 0 Å². The first-order valence-electron chi connectivity index (χ1n) is 8.48. The van der Waals surface area contributed by atoms with Crippen molar-refractivity contribution in [2.75, 3.05) is 0 Å². The molecule has 2 fully saturated rings. The van der Waals surface area contributed by atoms with Gasteiger partial charge in [0.1, 0.15) is 12.1 Å². The van der Waals surface area contributed by atoms with Gasteiger partial charge in [-0.15, -0.1) is 5.10 Å². The van der Waals surface area contributed by atoms with E-state index in [0.29, 0.717) is 31.0 Å². The number of aromatic nitrogens is 4. The fourth-order valence-electron chi connectivity index (χ4n) is 4.21. The van der Waals surface area contributed by atoms with E-state index in [4.69, 9.17) is 0 Å². The highest BCUT2D eigenvalue weighted by molar-refractivity contribution is 5.77. The molecule has 7 heteroatoms. The van der Waals surface area contributed by atoms with Gasteiger partial charge in [0.25, 0.3) is 0 Å². The minimum absolute atomic E-state index is 0.190. The van der Waals surface area contributed by atoms with Crippen LogP contribution in [-0.2, 0) is 11.3 Å². The smallest absolute Gasteiger partial charge is 0.224 e. The average Bonchev–Trinajstić information content (AvgIpc) is 3.19. The van der Waals surface area contributed by atoms with E-state index < -0.39 is 0 Å². The van der Waals surface area contributed by atoms with E-state index in [-0.39, 0.29) is 11.7 Å². The van der Waals surface area contributed by atoms with Crippen LogP contribution in [0, 0.1) is 5.82 Å². The molecule has 0 aliphatic carbocycles. The Labute approximate surface area is 139 Å². The number of tetrazole rings is 1. The van der Waals surface area contributed by atoms with Crippen molar-refractivity contribution >= 4 is 5.91 Å². The fraction of sp³-hybridized carbons (Fsp3) is 0.529. The second kappa shape index (κ2) is 6.30. The van der Waals surface area contributed by atoms with Gasteiger partial charge in [0.2, 0.25) is 5.91 Å². The van der Waals surface area contributed by atoms with Gasteiger partial charge in [0.15, 0.2) is 0 Å². The third-order valence-electron chi connectivity index (χ3n) is 5.31. The molecule has 3 heterocycles. The highest BCUT2D eigenvalue weighted by atomic mass is 19.1. The minimum Gasteiger partial charge on any atom is -0.337 e. The molecule has 2 saturated heterocycles. The summed E-state index contributed by atoms with van der Waals surface area (Å²) in [6, 6.07) is 7.44. The van der Waals surface area contributed by atoms with Gasteiger partial charge in [0, 0.05) is 18.5 Å². The zero-order valence-electron chi connectivity index (χ0n) is 13.4. The highest BCUT2D eigenvalue weighted by Gasteiger charge is 2.43. The van der Waals surface area contributed by atoms with Crippen molar-refractivity contribution in [3.8, 4) is 0 Å². The summed E-state index contributed by atoms with van der Waals surface area (Å²) >= 11 is 0. The van der Waals surface area contributed by atoms with E-state index in [1.807, 2.05) is 12.1 Å². The molecule has 0 saturated carbocycles. The predicted molar refractivity (Wildman–Crippen MR) is 84.5 cm³/mol. The Kier molecular flexibility index (Phi) is 4.00. The van der Waals surface area contributed by atoms with Crippen molar-refractivity contribution in [3.63, 3.8) is 0 Å². The zero-order valence-corrected chi connectivity index (χ0v) is 13.4. The molecule has 126 valence electrons. The van der Waals surface area contributed by atoms with Crippen LogP contribution < -0.4 is 0 Å². The van der Waals surface area contributed by atoms with E-state index in [9.17, 15) is 9.18 Å². The second-order valence-electron chi connectivity index (χ2n) is 6.73. The average molecular weight is 329 g/mol. The Morgan fingerprint density at radius 3 is 2.50 bits per heavy atom. The molecular weight excluding hydrogens is 309 g/mol. The first-order valence-corrected chi connectivity index (χ1v) is 8.48. The Morgan fingerprint density at radius 2 is 1.88 bits per heavy atom. The molecule has 0 spiro atoms. The Bertz CT molecular complexity index is 688. The quantitative estimate of drug-likeness (QED) is 0.862. The number of rotatable bonds is 4. The maximum atomic E-state index is 13.1. The lowest BCUT2D eigenvalue weighted by molar-refractivity contribution is -0.136. The monoisotopic (exact) mass is 329 g/mol. The predicted octanol–water partition coefficient (Wildman–Crippen LogP) is 2.14. The number of carbonyl (C=O) groups is 1. The molecular formula is C17H20FN5O. The van der Waals surface area contributed by atoms with Crippen LogP contribution in [0.15, 0.2) is 30.6 Å². The molecule has 1 aromatic heterocycles. The van der Waals surface area contributed by atoms with Crippen molar-refractivity contribution in [3.05, 3.63) is 42.0 Å². The number of piperidine rings is 1. The van der Waals surface area contributed by atoms with Crippen LogP contribution in [0.3, 0.4) is 0 Å². The summed E-state index contributed by atoms with van der Waals surface area (Å²) in [4.78, 5) is 14.7. The van der Waals surface area contributed by atoms with Crippen molar-refractivity contribution in [2.24, 2.45) is 0 Å². The van der Waals surface area contributed by atoms with Gasteiger partial charge < -0.3 is 4.90 Å². The number of amides is 1. The van der Waals surface area contributed by atoms with Crippen molar-refractivity contribution in [1.82, 2.24) is 25.1 Å². The van der Waals surface area contributed by atoms with Crippen LogP contribution in [0.4, 0.5) is 4.39 Å². The second-order valence-corrected chi connectivity index (χ2v) is 6.73. The van der Waals surface area contributed by atoms with E-state index in [2.05, 4.69) is 20.4 Å². The van der Waals surface area contributed by atoms with Gasteiger partial charge in [0.05, 0.1) is 6.54 Å². The first kappa shape index (κ1) is 15.2. The summed E-state index contributed by atoms with van der Waals surface area (Å²) in [5.41, 5.74) is 1.19. The van der Waals surface area contributed by atoms with Crippen LogP contribution in [0.5, 0.6) is 0 Å². The SMILES string of the molecule is O=C(CCn1cnnn1)N1[C@@H]2CC[C@H]1CC(c1ccc(F)cc1)C2. The maximum absolute atomic E-state index is 13.1. The molecule has 6 nitrogen and oxygen atoms in total. The number of hydrogen-bond donors (Lipinski definition) is 0. The third kappa shape index (κ3) is 2.90. The molecule has 2 bridgehead atoms. The maximum Gasteiger partial charge on any atom is 0.224 e. The third-order valence-corrected chi connectivity index (χ3v) is 5.31. The lowest BCUT2D eigenvalue weighted by Crippen LogP contribution is -2.46. The Hall–Kier alpha value is -2.31. The van der Waals surface area contributed by atoms with Gasteiger partial charge in [-0.25, -0.2) is 9.07 Å². The van der Waals surface area contributed by atoms with Gasteiger partial charge in [-0.05, 0) is 59.7 Å². The Morgan fingerprint density at radius 1 is 1.17 bits per heavy atom. The summed E-state index contributed by atoms with van der Waals surface area (Å²) in [6.07, 6.45) is 6.04. The van der Waals surface area contributed by atoms with Crippen LogP contribution in [0.1, 0.15) is 43.6 Å². The van der Waals surface area contributed by atoms with E-state index in [1.165, 1.54) is 24.0 Å². The molecule has 0 N–H and O–H groups in total. The summed E-state index contributed by atoms with van der Waals surface area (Å²) in [6.45, 7) is 0.517. The molecule has 1 aromatic carbocycles. The molecule has 4 rings (SSSR count). The fourth-order valence-corrected chi connectivity index (χ4v) is 4.21. The molecule has 0 radical (unpaired) electrons. The number of nitrogens with zero attached hydrogens (tertiary/aromatic N) is 5. The van der Waals surface area contributed by atoms with Crippen LogP contribution >= 0.6 is 0 Å². The molecule has 1 amide bonds. The largest absolute Gasteiger partial charge is 0.337 e. The van der Waals surface area contributed by atoms with Gasteiger partial charge in [-0.3, -0.25) is 4.79 Å². The zero-order chi connectivity index (χ0) is 16.5. The molecule has 2 aliphatic heterocycles. The standard InChI is InChI=1S/C17H20FN5O/c18-14-3-1-12(2-4-14)13-9-15-5-6-16(10-13)23(15)17(24)7-8-22-11-19-20-21-22/h1-4,11,13,15-16H,5-10H2/t13?,15-,16+. The summed E-state index contributed by atoms with van der Waals surface area (Å²) < 4.78 is 14.7. The Balaban J connectivity index is 1.41. The highest BCUT2D eigenvalue weighted by Crippen LogP contribution is 2.43. The molecule has 2 aliphatic rings. The number of aryl methyl sites for hydroxylation is 1. The van der Waals surface area contributed by atoms with Crippen molar-refractivity contribution in [1.29, 1.82) is 0 Å². The molecule has 3 atom stereocenters. The number of benzene rings is 1. The normalized spacial score (nSPS) is 25.9. The van der Waals surface area contributed by atoms with Crippen LogP contribution in [0.25, 0.3) is 0 Å². The first-order chi connectivity index (χ1) is 11.7. The van der Waals surface area contributed by atoms with Crippen LogP contribution in [0.2, 0.25) is 0 Å². The van der Waals surface area contributed by atoms with Crippen LogP contribution in [-0.4, -0.2) is 43.1 Å². The summed E-state index contributed by atoms with van der Waals surface area (Å²) in [5.74, 6) is 0.416. The van der Waals surface area contributed by atoms with E-state index in [0.717, 1.165) is 25.7 Å². The topological polar surface area (TPSA) is 63.9 Å². The number of carbonyl (C=O) groups excluding carboxylic acids is 1. The van der Waals surface area contributed by atoms with E-state index in [1.54, 1.807) is 4.68 Å². The van der Waals surface area contributed by atoms with Gasteiger partial charge in [-0.2, -0.15) is 0 Å². The summed E-state index contributed by atoms with van der Waals surface area (Å²) in [5, 5.41) is 11.0.